The summed E-state index contributed by atoms with van der Waals surface area (Å²) in [5.74, 6) is 2.43. The molecule has 0 saturated heterocycles. The minimum Gasteiger partial charge on any atom is -0.496 e. The Labute approximate surface area is 129 Å². The third-order valence-corrected chi connectivity index (χ3v) is 4.56. The zero-order chi connectivity index (χ0) is 14.0. The van der Waals surface area contributed by atoms with Crippen LogP contribution in [0.1, 0.15) is 21.7 Å². The molecular formula is C14H14Br2O3. The molecule has 5 heteroatoms. The van der Waals surface area contributed by atoms with E-state index in [2.05, 4.69) is 31.9 Å². The molecule has 0 radical (unpaired) electrons. The van der Waals surface area contributed by atoms with Crippen LogP contribution in [0.15, 0.2) is 33.4 Å². The van der Waals surface area contributed by atoms with Crippen LogP contribution in [0.3, 0.4) is 0 Å². The average molecular weight is 390 g/mol. The molecule has 3 nitrogen and oxygen atoms in total. The van der Waals surface area contributed by atoms with Gasteiger partial charge in [0.2, 0.25) is 0 Å². The molecule has 1 unspecified atom stereocenters. The Morgan fingerprint density at radius 3 is 2.32 bits per heavy atom. The van der Waals surface area contributed by atoms with Gasteiger partial charge in [0.15, 0.2) is 0 Å². The third-order valence-electron chi connectivity index (χ3n) is 2.95. The van der Waals surface area contributed by atoms with Gasteiger partial charge in [-0.2, -0.15) is 0 Å². The first-order valence-corrected chi connectivity index (χ1v) is 7.38. The number of methoxy groups -OCH3 is 2. The van der Waals surface area contributed by atoms with Gasteiger partial charge < -0.3 is 13.9 Å². The second kappa shape index (κ2) is 6.01. The number of benzene rings is 1. The Hall–Kier alpha value is -0.940. The molecule has 1 aromatic heterocycles. The average Bonchev–Trinajstić information content (AvgIpc) is 2.83. The Balaban J connectivity index is 2.51. The highest BCUT2D eigenvalue weighted by molar-refractivity contribution is 9.10. The smallest absolute Gasteiger partial charge is 0.133 e. The maximum Gasteiger partial charge on any atom is 0.133 e. The molecule has 0 aliphatic rings. The maximum absolute atomic E-state index is 5.44. The summed E-state index contributed by atoms with van der Waals surface area (Å²) in [5, 5.41) is 0. The second-order valence-corrected chi connectivity index (χ2v) is 5.79. The van der Waals surface area contributed by atoms with E-state index >= 15 is 0 Å². The van der Waals surface area contributed by atoms with E-state index in [9.17, 15) is 0 Å². The van der Waals surface area contributed by atoms with Crippen molar-refractivity contribution in [2.24, 2.45) is 0 Å². The lowest BCUT2D eigenvalue weighted by molar-refractivity contribution is 0.397. The van der Waals surface area contributed by atoms with Crippen LogP contribution in [0.25, 0.3) is 0 Å². The number of furan rings is 1. The molecule has 0 amide bonds. The molecular weight excluding hydrogens is 376 g/mol. The first kappa shape index (κ1) is 14.5. The van der Waals surface area contributed by atoms with Crippen LogP contribution in [0.5, 0.6) is 11.5 Å². The van der Waals surface area contributed by atoms with Crippen molar-refractivity contribution in [3.8, 4) is 11.5 Å². The molecule has 2 aromatic rings. The van der Waals surface area contributed by atoms with Gasteiger partial charge in [0, 0.05) is 11.1 Å². The molecule has 0 bridgehead atoms. The van der Waals surface area contributed by atoms with E-state index in [-0.39, 0.29) is 4.83 Å². The highest BCUT2D eigenvalue weighted by Gasteiger charge is 2.20. The van der Waals surface area contributed by atoms with Crippen LogP contribution in [0, 0.1) is 6.92 Å². The Morgan fingerprint density at radius 1 is 1.11 bits per heavy atom. The molecule has 0 N–H and O–H groups in total. The first-order valence-electron chi connectivity index (χ1n) is 5.68. The number of aryl methyl sites for hydroxylation is 1. The maximum atomic E-state index is 5.44. The standard InChI is InChI=1S/C14H14Br2O3/c1-8-9(4-5-19-8)14(16)10-6-13(18-3)11(15)7-12(10)17-2/h4-7,14H,1-3H3. The number of halogens is 2. The van der Waals surface area contributed by atoms with Crippen molar-refractivity contribution in [1.29, 1.82) is 0 Å². The van der Waals surface area contributed by atoms with E-state index in [0.717, 1.165) is 32.9 Å². The SMILES string of the molecule is COc1cc(C(Br)c2ccoc2C)c(OC)cc1Br. The summed E-state index contributed by atoms with van der Waals surface area (Å²) in [6.45, 7) is 1.94. The van der Waals surface area contributed by atoms with Crippen LogP contribution in [0.2, 0.25) is 0 Å². The molecule has 0 fully saturated rings. The molecule has 102 valence electrons. The molecule has 0 aliphatic carbocycles. The van der Waals surface area contributed by atoms with E-state index in [1.54, 1.807) is 20.5 Å². The normalized spacial score (nSPS) is 12.3. The summed E-state index contributed by atoms with van der Waals surface area (Å²) in [4.78, 5) is -0.0109. The Morgan fingerprint density at radius 2 is 1.79 bits per heavy atom. The molecule has 2 rings (SSSR count). The van der Waals surface area contributed by atoms with Crippen LogP contribution >= 0.6 is 31.9 Å². The largest absolute Gasteiger partial charge is 0.496 e. The van der Waals surface area contributed by atoms with Crippen molar-refractivity contribution in [2.45, 2.75) is 11.8 Å². The zero-order valence-corrected chi connectivity index (χ0v) is 14.0. The van der Waals surface area contributed by atoms with E-state index < -0.39 is 0 Å². The predicted molar refractivity (Wildman–Crippen MR) is 81.5 cm³/mol. The summed E-state index contributed by atoms with van der Waals surface area (Å²) in [6, 6.07) is 5.80. The molecule has 1 atom stereocenters. The van der Waals surface area contributed by atoms with Gasteiger partial charge in [-0.3, -0.25) is 0 Å². The molecule has 1 aromatic carbocycles. The monoisotopic (exact) mass is 388 g/mol. The van der Waals surface area contributed by atoms with E-state index in [1.165, 1.54) is 0 Å². The quantitative estimate of drug-likeness (QED) is 0.700. The fourth-order valence-corrected chi connectivity index (χ4v) is 3.22. The van der Waals surface area contributed by atoms with Crippen LogP contribution in [0.4, 0.5) is 0 Å². The van der Waals surface area contributed by atoms with Crippen molar-refractivity contribution < 1.29 is 13.9 Å². The van der Waals surface area contributed by atoms with Crippen molar-refractivity contribution in [1.82, 2.24) is 0 Å². The highest BCUT2D eigenvalue weighted by Crippen LogP contribution is 2.42. The van der Waals surface area contributed by atoms with Gasteiger partial charge in [-0.1, -0.05) is 15.9 Å². The van der Waals surface area contributed by atoms with Gasteiger partial charge in [-0.25, -0.2) is 0 Å². The lowest BCUT2D eigenvalue weighted by atomic mass is 10.0. The second-order valence-electron chi connectivity index (χ2n) is 4.02. The molecule has 0 saturated carbocycles. The zero-order valence-electron chi connectivity index (χ0n) is 10.9. The van der Waals surface area contributed by atoms with Gasteiger partial charge >= 0.3 is 0 Å². The fourth-order valence-electron chi connectivity index (χ4n) is 1.91. The number of hydrogen-bond donors (Lipinski definition) is 0. The molecule has 0 spiro atoms. The fraction of sp³-hybridized carbons (Fsp3) is 0.286. The van der Waals surface area contributed by atoms with Crippen molar-refractivity contribution in [3.63, 3.8) is 0 Å². The van der Waals surface area contributed by atoms with Gasteiger partial charge in [-0.05, 0) is 41.1 Å². The van der Waals surface area contributed by atoms with Crippen LogP contribution < -0.4 is 9.47 Å². The van der Waals surface area contributed by atoms with Crippen molar-refractivity contribution in [2.75, 3.05) is 14.2 Å². The summed E-state index contributed by atoms with van der Waals surface area (Å²) in [6.07, 6.45) is 1.68. The minimum atomic E-state index is -0.0109. The number of ether oxygens (including phenoxy) is 2. The van der Waals surface area contributed by atoms with Gasteiger partial charge in [0.1, 0.15) is 17.3 Å². The Bertz CT molecular complexity index is 578. The minimum absolute atomic E-state index is 0.0109. The van der Waals surface area contributed by atoms with Gasteiger partial charge in [0.05, 0.1) is 29.8 Å². The number of hydrogen-bond acceptors (Lipinski definition) is 3. The van der Waals surface area contributed by atoms with Crippen molar-refractivity contribution in [3.05, 3.63) is 45.8 Å². The molecule has 1 heterocycles. The summed E-state index contributed by atoms with van der Waals surface area (Å²) in [5.41, 5.74) is 2.06. The molecule has 19 heavy (non-hydrogen) atoms. The lowest BCUT2D eigenvalue weighted by Crippen LogP contribution is -1.99. The Kier molecular flexibility index (Phi) is 4.58. The van der Waals surface area contributed by atoms with Crippen LogP contribution in [-0.2, 0) is 0 Å². The topological polar surface area (TPSA) is 31.6 Å². The summed E-state index contributed by atoms with van der Waals surface area (Å²) >= 11 is 7.15. The van der Waals surface area contributed by atoms with E-state index in [0.29, 0.717) is 0 Å². The van der Waals surface area contributed by atoms with E-state index in [4.69, 9.17) is 13.9 Å². The molecule has 0 aliphatic heterocycles. The van der Waals surface area contributed by atoms with Gasteiger partial charge in [0.25, 0.3) is 0 Å². The summed E-state index contributed by atoms with van der Waals surface area (Å²) in [7, 11) is 3.29. The van der Waals surface area contributed by atoms with Gasteiger partial charge in [-0.15, -0.1) is 0 Å². The number of rotatable bonds is 4. The first-order chi connectivity index (χ1) is 9.08. The van der Waals surface area contributed by atoms with Crippen LogP contribution in [-0.4, -0.2) is 14.2 Å². The summed E-state index contributed by atoms with van der Waals surface area (Å²) < 4.78 is 17.0. The predicted octanol–water partition coefficient (Wildman–Crippen LogP) is 4.85. The van der Waals surface area contributed by atoms with E-state index in [1.807, 2.05) is 25.1 Å². The lowest BCUT2D eigenvalue weighted by Gasteiger charge is -2.16. The number of alkyl halides is 1. The third kappa shape index (κ3) is 2.82. The van der Waals surface area contributed by atoms with Crippen molar-refractivity contribution >= 4 is 31.9 Å². The highest BCUT2D eigenvalue weighted by atomic mass is 79.9.